The predicted molar refractivity (Wildman–Crippen MR) is 81.2 cm³/mol. The van der Waals surface area contributed by atoms with Crippen molar-refractivity contribution in [2.75, 3.05) is 13.7 Å². The van der Waals surface area contributed by atoms with E-state index in [2.05, 4.69) is 36.4 Å². The maximum absolute atomic E-state index is 5.46. The van der Waals surface area contributed by atoms with Gasteiger partial charge < -0.3 is 10.1 Å². The van der Waals surface area contributed by atoms with Gasteiger partial charge in [0.15, 0.2) is 0 Å². The summed E-state index contributed by atoms with van der Waals surface area (Å²) in [5, 5.41) is 7.87. The average molecular weight is 273 g/mol. The third kappa shape index (κ3) is 3.39. The van der Waals surface area contributed by atoms with Crippen LogP contribution in [0.15, 0.2) is 30.5 Å². The van der Waals surface area contributed by atoms with E-state index >= 15 is 0 Å². The summed E-state index contributed by atoms with van der Waals surface area (Å²) in [6.07, 6.45) is 2.00. The zero-order chi connectivity index (χ0) is 14.5. The molecule has 0 saturated heterocycles. The molecule has 2 rings (SSSR count). The first kappa shape index (κ1) is 14.6. The fourth-order valence-corrected chi connectivity index (χ4v) is 2.34. The van der Waals surface area contributed by atoms with Crippen molar-refractivity contribution in [1.29, 1.82) is 0 Å². The zero-order valence-electron chi connectivity index (χ0n) is 12.7. The molecule has 0 bridgehead atoms. The van der Waals surface area contributed by atoms with E-state index in [1.54, 1.807) is 7.11 Å². The minimum atomic E-state index is 0.337. The van der Waals surface area contributed by atoms with Crippen LogP contribution in [-0.2, 0) is 6.54 Å². The highest BCUT2D eigenvalue weighted by Crippen LogP contribution is 2.24. The van der Waals surface area contributed by atoms with E-state index in [0.717, 1.165) is 30.1 Å². The Labute approximate surface area is 120 Å². The lowest BCUT2D eigenvalue weighted by atomic mass is 10.0. The minimum Gasteiger partial charge on any atom is -0.496 e. The average Bonchev–Trinajstić information content (AvgIpc) is 2.84. The lowest BCUT2D eigenvalue weighted by molar-refractivity contribution is 0.406. The summed E-state index contributed by atoms with van der Waals surface area (Å²) in [6.45, 7) is 7.97. The maximum Gasteiger partial charge on any atom is 0.123 e. The normalized spacial score (nSPS) is 12.4. The number of rotatable bonds is 6. The van der Waals surface area contributed by atoms with E-state index in [4.69, 9.17) is 4.74 Å². The van der Waals surface area contributed by atoms with Crippen molar-refractivity contribution >= 4 is 0 Å². The summed E-state index contributed by atoms with van der Waals surface area (Å²) >= 11 is 0. The second-order valence-electron chi connectivity index (χ2n) is 5.01. The molecule has 4 nitrogen and oxygen atoms in total. The SMILES string of the molecule is CCNC(C)c1ccc(OC)c(Cn2ccc(C)n2)c1. The Balaban J connectivity index is 2.26. The van der Waals surface area contributed by atoms with Crippen molar-refractivity contribution in [1.82, 2.24) is 15.1 Å². The Morgan fingerprint density at radius 1 is 1.35 bits per heavy atom. The Hall–Kier alpha value is -1.81. The van der Waals surface area contributed by atoms with Crippen LogP contribution in [0.2, 0.25) is 0 Å². The number of ether oxygens (including phenoxy) is 1. The van der Waals surface area contributed by atoms with Crippen molar-refractivity contribution in [3.05, 3.63) is 47.3 Å². The van der Waals surface area contributed by atoms with E-state index in [0.29, 0.717) is 6.04 Å². The first-order valence-electron chi connectivity index (χ1n) is 7.04. The number of aromatic nitrogens is 2. The molecule has 0 radical (unpaired) electrons. The molecule has 1 aromatic carbocycles. The molecule has 4 heteroatoms. The van der Waals surface area contributed by atoms with Gasteiger partial charge in [-0.2, -0.15) is 5.10 Å². The standard InChI is InChI=1S/C16H23N3O/c1-5-17-13(3)14-6-7-16(20-4)15(10-14)11-19-9-8-12(2)18-19/h6-10,13,17H,5,11H2,1-4H3. The minimum absolute atomic E-state index is 0.337. The van der Waals surface area contributed by atoms with Gasteiger partial charge in [0.25, 0.3) is 0 Å². The van der Waals surface area contributed by atoms with Crippen LogP contribution >= 0.6 is 0 Å². The molecule has 1 atom stereocenters. The zero-order valence-corrected chi connectivity index (χ0v) is 12.7. The molecule has 2 aromatic rings. The van der Waals surface area contributed by atoms with E-state index in [1.807, 2.05) is 29.9 Å². The van der Waals surface area contributed by atoms with Gasteiger partial charge in [-0.3, -0.25) is 4.68 Å². The van der Waals surface area contributed by atoms with E-state index < -0.39 is 0 Å². The van der Waals surface area contributed by atoms with Crippen LogP contribution in [0.3, 0.4) is 0 Å². The molecule has 0 aliphatic rings. The second kappa shape index (κ2) is 6.57. The highest BCUT2D eigenvalue weighted by Gasteiger charge is 2.10. The number of benzene rings is 1. The maximum atomic E-state index is 5.46. The molecule has 0 spiro atoms. The smallest absolute Gasteiger partial charge is 0.123 e. The number of aryl methyl sites for hydroxylation is 1. The summed E-state index contributed by atoms with van der Waals surface area (Å²) in [6, 6.07) is 8.70. The van der Waals surface area contributed by atoms with Gasteiger partial charge in [0, 0.05) is 17.8 Å². The molecule has 108 valence electrons. The van der Waals surface area contributed by atoms with Gasteiger partial charge in [0.2, 0.25) is 0 Å². The molecular formula is C16H23N3O. The Bertz CT molecular complexity index is 563. The quantitative estimate of drug-likeness (QED) is 0.879. The molecule has 0 amide bonds. The summed E-state index contributed by atoms with van der Waals surface area (Å²) in [4.78, 5) is 0. The van der Waals surface area contributed by atoms with Gasteiger partial charge in [0.1, 0.15) is 5.75 Å². The Morgan fingerprint density at radius 2 is 2.15 bits per heavy atom. The number of nitrogens with zero attached hydrogens (tertiary/aromatic N) is 2. The highest BCUT2D eigenvalue weighted by atomic mass is 16.5. The largest absolute Gasteiger partial charge is 0.496 e. The van der Waals surface area contributed by atoms with Crippen molar-refractivity contribution in [2.45, 2.75) is 33.4 Å². The molecular weight excluding hydrogens is 250 g/mol. The van der Waals surface area contributed by atoms with Crippen molar-refractivity contribution < 1.29 is 4.74 Å². The molecule has 1 aromatic heterocycles. The Kier molecular flexibility index (Phi) is 4.79. The van der Waals surface area contributed by atoms with Crippen LogP contribution in [-0.4, -0.2) is 23.4 Å². The van der Waals surface area contributed by atoms with E-state index in [9.17, 15) is 0 Å². The molecule has 20 heavy (non-hydrogen) atoms. The molecule has 0 aliphatic heterocycles. The van der Waals surface area contributed by atoms with Crippen molar-refractivity contribution in [3.63, 3.8) is 0 Å². The highest BCUT2D eigenvalue weighted by molar-refractivity contribution is 5.38. The first-order valence-corrected chi connectivity index (χ1v) is 7.04. The number of nitrogens with one attached hydrogen (secondary N) is 1. The Morgan fingerprint density at radius 3 is 2.75 bits per heavy atom. The van der Waals surface area contributed by atoms with E-state index in [1.165, 1.54) is 5.56 Å². The third-order valence-corrected chi connectivity index (χ3v) is 3.42. The lowest BCUT2D eigenvalue weighted by Gasteiger charge is -2.16. The molecule has 0 aliphatic carbocycles. The van der Waals surface area contributed by atoms with Gasteiger partial charge in [-0.15, -0.1) is 0 Å². The van der Waals surface area contributed by atoms with Crippen molar-refractivity contribution in [2.24, 2.45) is 0 Å². The van der Waals surface area contributed by atoms with Gasteiger partial charge in [-0.05, 0) is 44.2 Å². The van der Waals surface area contributed by atoms with Crippen LogP contribution in [0.1, 0.15) is 36.7 Å². The topological polar surface area (TPSA) is 39.1 Å². The first-order chi connectivity index (χ1) is 9.63. The van der Waals surface area contributed by atoms with Gasteiger partial charge in [-0.1, -0.05) is 13.0 Å². The predicted octanol–water partition coefficient (Wildman–Crippen LogP) is 2.92. The monoisotopic (exact) mass is 273 g/mol. The molecule has 0 fully saturated rings. The second-order valence-corrected chi connectivity index (χ2v) is 5.01. The van der Waals surface area contributed by atoms with Crippen LogP contribution in [0.4, 0.5) is 0 Å². The van der Waals surface area contributed by atoms with Crippen LogP contribution in [0.25, 0.3) is 0 Å². The van der Waals surface area contributed by atoms with Gasteiger partial charge >= 0.3 is 0 Å². The van der Waals surface area contributed by atoms with E-state index in [-0.39, 0.29) is 0 Å². The molecule has 0 saturated carbocycles. The lowest BCUT2D eigenvalue weighted by Crippen LogP contribution is -2.18. The molecule has 1 heterocycles. The fourth-order valence-electron chi connectivity index (χ4n) is 2.34. The third-order valence-electron chi connectivity index (χ3n) is 3.42. The summed E-state index contributed by atoms with van der Waals surface area (Å²) in [7, 11) is 1.71. The van der Waals surface area contributed by atoms with Gasteiger partial charge in [0.05, 0.1) is 19.3 Å². The molecule has 1 N–H and O–H groups in total. The number of methoxy groups -OCH3 is 1. The summed E-state index contributed by atoms with van der Waals surface area (Å²) < 4.78 is 7.40. The summed E-state index contributed by atoms with van der Waals surface area (Å²) in [5.74, 6) is 0.908. The van der Waals surface area contributed by atoms with Gasteiger partial charge in [-0.25, -0.2) is 0 Å². The fraction of sp³-hybridized carbons (Fsp3) is 0.438. The molecule has 1 unspecified atom stereocenters. The van der Waals surface area contributed by atoms with Crippen LogP contribution in [0.5, 0.6) is 5.75 Å². The van der Waals surface area contributed by atoms with Crippen LogP contribution in [0, 0.1) is 6.92 Å². The van der Waals surface area contributed by atoms with Crippen molar-refractivity contribution in [3.8, 4) is 5.75 Å². The number of hydrogen-bond donors (Lipinski definition) is 1. The number of hydrogen-bond acceptors (Lipinski definition) is 3. The van der Waals surface area contributed by atoms with Crippen LogP contribution < -0.4 is 10.1 Å². The summed E-state index contributed by atoms with van der Waals surface area (Å²) in [5.41, 5.74) is 3.45.